The van der Waals surface area contributed by atoms with Gasteiger partial charge in [-0.3, -0.25) is 4.98 Å². The normalized spacial score (nSPS) is 10.7. The van der Waals surface area contributed by atoms with Gasteiger partial charge in [-0.2, -0.15) is 0 Å². The highest BCUT2D eigenvalue weighted by molar-refractivity contribution is 5.48. The van der Waals surface area contributed by atoms with E-state index < -0.39 is 0 Å². The summed E-state index contributed by atoms with van der Waals surface area (Å²) in [4.78, 5) is 4.12. The molecule has 2 heteroatoms. The van der Waals surface area contributed by atoms with Gasteiger partial charge in [0.15, 0.2) is 0 Å². The van der Waals surface area contributed by atoms with E-state index in [9.17, 15) is 0 Å². The lowest BCUT2D eigenvalue weighted by atomic mass is 10.2. The minimum atomic E-state index is 0.0655. The molecule has 0 atom stereocenters. The molecule has 1 aromatic rings. The van der Waals surface area contributed by atoms with Crippen molar-refractivity contribution in [1.29, 1.82) is 0 Å². The van der Waals surface area contributed by atoms with E-state index in [-0.39, 0.29) is 6.61 Å². The summed E-state index contributed by atoms with van der Waals surface area (Å²) in [6.07, 6.45) is 5.23. The lowest BCUT2D eigenvalue weighted by Crippen LogP contribution is -1.84. The van der Waals surface area contributed by atoms with Crippen molar-refractivity contribution in [3.63, 3.8) is 0 Å². The Bertz CT molecular complexity index is 255. The third-order valence-corrected chi connectivity index (χ3v) is 1.43. The van der Waals surface area contributed by atoms with E-state index in [1.165, 1.54) is 0 Å². The molecule has 0 aliphatic rings. The molecular formula is C9H11NO. The zero-order chi connectivity index (χ0) is 8.10. The van der Waals surface area contributed by atoms with Crippen LogP contribution in [0.1, 0.15) is 11.3 Å². The third kappa shape index (κ3) is 2.16. The van der Waals surface area contributed by atoms with Crippen LogP contribution in [0, 0.1) is 6.92 Å². The number of nitrogens with zero attached hydrogens (tertiary/aromatic N) is 1. The maximum Gasteiger partial charge on any atom is 0.0656 e. The molecule has 0 saturated carbocycles. The van der Waals surface area contributed by atoms with Crippen LogP contribution in [-0.2, 0) is 0 Å². The predicted octanol–water partition coefficient (Wildman–Crippen LogP) is 1.40. The highest BCUT2D eigenvalue weighted by Gasteiger charge is 1.90. The fourth-order valence-corrected chi connectivity index (χ4v) is 0.837. The minimum absolute atomic E-state index is 0.0655. The Labute approximate surface area is 66.2 Å². The van der Waals surface area contributed by atoms with Crippen molar-refractivity contribution >= 4 is 6.08 Å². The topological polar surface area (TPSA) is 33.1 Å². The molecule has 0 fully saturated rings. The molecule has 1 aromatic heterocycles. The number of pyridine rings is 1. The standard InChI is InChI=1S/C9H11NO/c1-8-4-2-6-10-9(8)5-3-7-11/h2-6,11H,7H2,1H3/b5-3+. The van der Waals surface area contributed by atoms with Crippen molar-refractivity contribution < 1.29 is 5.11 Å². The van der Waals surface area contributed by atoms with Crippen LogP contribution in [-0.4, -0.2) is 16.7 Å². The van der Waals surface area contributed by atoms with Crippen LogP contribution in [0.3, 0.4) is 0 Å². The summed E-state index contributed by atoms with van der Waals surface area (Å²) in [5.74, 6) is 0. The van der Waals surface area contributed by atoms with Gasteiger partial charge in [-0.1, -0.05) is 12.1 Å². The van der Waals surface area contributed by atoms with Crippen molar-refractivity contribution in [2.24, 2.45) is 0 Å². The maximum atomic E-state index is 8.50. The fraction of sp³-hybridized carbons (Fsp3) is 0.222. The average Bonchev–Trinajstić information content (AvgIpc) is 2.03. The van der Waals surface area contributed by atoms with Crippen molar-refractivity contribution in [3.8, 4) is 0 Å². The van der Waals surface area contributed by atoms with Gasteiger partial charge in [0.1, 0.15) is 0 Å². The van der Waals surface area contributed by atoms with Crippen LogP contribution in [0.2, 0.25) is 0 Å². The van der Waals surface area contributed by atoms with Crippen LogP contribution in [0.4, 0.5) is 0 Å². The van der Waals surface area contributed by atoms with E-state index in [0.29, 0.717) is 0 Å². The second-order valence-electron chi connectivity index (χ2n) is 2.29. The first-order chi connectivity index (χ1) is 5.34. The quantitative estimate of drug-likeness (QED) is 0.689. The lowest BCUT2D eigenvalue weighted by molar-refractivity contribution is 0.343. The first kappa shape index (κ1) is 7.95. The number of rotatable bonds is 2. The highest BCUT2D eigenvalue weighted by atomic mass is 16.2. The number of hydrogen-bond acceptors (Lipinski definition) is 2. The first-order valence-electron chi connectivity index (χ1n) is 3.53. The summed E-state index contributed by atoms with van der Waals surface area (Å²) in [5.41, 5.74) is 2.04. The number of hydrogen-bond donors (Lipinski definition) is 1. The van der Waals surface area contributed by atoms with Gasteiger partial charge in [0.05, 0.1) is 12.3 Å². The zero-order valence-corrected chi connectivity index (χ0v) is 6.49. The number of aryl methyl sites for hydroxylation is 1. The third-order valence-electron chi connectivity index (χ3n) is 1.43. The molecule has 0 spiro atoms. The second kappa shape index (κ2) is 3.88. The van der Waals surface area contributed by atoms with Crippen molar-refractivity contribution in [2.75, 3.05) is 6.61 Å². The summed E-state index contributed by atoms with van der Waals surface area (Å²) in [5, 5.41) is 8.50. The monoisotopic (exact) mass is 149 g/mol. The van der Waals surface area contributed by atoms with Gasteiger partial charge in [0.25, 0.3) is 0 Å². The Morgan fingerprint density at radius 3 is 3.09 bits per heavy atom. The molecular weight excluding hydrogens is 138 g/mol. The molecule has 2 nitrogen and oxygen atoms in total. The van der Waals surface area contributed by atoms with Crippen LogP contribution in [0.25, 0.3) is 6.08 Å². The zero-order valence-electron chi connectivity index (χ0n) is 6.49. The van der Waals surface area contributed by atoms with Crippen molar-refractivity contribution in [2.45, 2.75) is 6.92 Å². The van der Waals surface area contributed by atoms with E-state index in [1.54, 1.807) is 12.3 Å². The lowest BCUT2D eigenvalue weighted by Gasteiger charge is -1.95. The van der Waals surface area contributed by atoms with E-state index in [4.69, 9.17) is 5.11 Å². The van der Waals surface area contributed by atoms with Gasteiger partial charge in [-0.05, 0) is 24.6 Å². The number of aliphatic hydroxyl groups excluding tert-OH is 1. The van der Waals surface area contributed by atoms with Crippen molar-refractivity contribution in [1.82, 2.24) is 4.98 Å². The Morgan fingerprint density at radius 2 is 2.45 bits per heavy atom. The minimum Gasteiger partial charge on any atom is -0.392 e. The smallest absolute Gasteiger partial charge is 0.0656 e. The van der Waals surface area contributed by atoms with Crippen molar-refractivity contribution in [3.05, 3.63) is 35.7 Å². The molecule has 1 N–H and O–H groups in total. The van der Waals surface area contributed by atoms with E-state index in [1.807, 2.05) is 25.1 Å². The van der Waals surface area contributed by atoms with E-state index in [0.717, 1.165) is 11.3 Å². The van der Waals surface area contributed by atoms with Crippen LogP contribution in [0.5, 0.6) is 0 Å². The molecule has 1 rings (SSSR count). The molecule has 58 valence electrons. The summed E-state index contributed by atoms with van der Waals surface area (Å²) < 4.78 is 0. The first-order valence-corrected chi connectivity index (χ1v) is 3.53. The van der Waals surface area contributed by atoms with E-state index >= 15 is 0 Å². The molecule has 0 aromatic carbocycles. The van der Waals surface area contributed by atoms with Gasteiger partial charge in [-0.25, -0.2) is 0 Å². The molecule has 0 aliphatic carbocycles. The fourth-order valence-electron chi connectivity index (χ4n) is 0.837. The molecule has 0 aliphatic heterocycles. The van der Waals surface area contributed by atoms with Crippen LogP contribution >= 0.6 is 0 Å². The second-order valence-corrected chi connectivity index (χ2v) is 2.29. The number of aromatic nitrogens is 1. The largest absolute Gasteiger partial charge is 0.392 e. The van der Waals surface area contributed by atoms with Gasteiger partial charge < -0.3 is 5.11 Å². The van der Waals surface area contributed by atoms with E-state index in [2.05, 4.69) is 4.98 Å². The Morgan fingerprint density at radius 1 is 1.64 bits per heavy atom. The van der Waals surface area contributed by atoms with Gasteiger partial charge in [-0.15, -0.1) is 0 Å². The molecule has 1 heterocycles. The Kier molecular flexibility index (Phi) is 2.81. The summed E-state index contributed by atoms with van der Waals surface area (Å²) in [7, 11) is 0. The molecule has 0 amide bonds. The Hall–Kier alpha value is -1.15. The molecule has 11 heavy (non-hydrogen) atoms. The molecule has 0 bridgehead atoms. The summed E-state index contributed by atoms with van der Waals surface area (Å²) >= 11 is 0. The van der Waals surface area contributed by atoms with Gasteiger partial charge in [0, 0.05) is 6.20 Å². The van der Waals surface area contributed by atoms with Gasteiger partial charge >= 0.3 is 0 Å². The maximum absolute atomic E-state index is 8.50. The predicted molar refractivity (Wildman–Crippen MR) is 45.1 cm³/mol. The number of aliphatic hydroxyl groups is 1. The summed E-state index contributed by atoms with van der Waals surface area (Å²) in [6.45, 7) is 2.06. The summed E-state index contributed by atoms with van der Waals surface area (Å²) in [6, 6.07) is 3.88. The molecule has 0 saturated heterocycles. The molecule has 0 unspecified atom stereocenters. The Balaban J connectivity index is 2.86. The van der Waals surface area contributed by atoms with Gasteiger partial charge in [0.2, 0.25) is 0 Å². The molecule has 0 radical (unpaired) electrons. The highest BCUT2D eigenvalue weighted by Crippen LogP contribution is 2.04. The van der Waals surface area contributed by atoms with Crippen LogP contribution < -0.4 is 0 Å². The van der Waals surface area contributed by atoms with Crippen LogP contribution in [0.15, 0.2) is 24.4 Å². The SMILES string of the molecule is Cc1cccnc1/C=C/CO. The average molecular weight is 149 g/mol.